The minimum atomic E-state index is -0.302. The van der Waals surface area contributed by atoms with Crippen LogP contribution in [0.4, 0.5) is 5.69 Å². The van der Waals surface area contributed by atoms with E-state index in [9.17, 15) is 4.79 Å². The number of nitrogens with one attached hydrogen (secondary N) is 1. The molecule has 118 valence electrons. The molecule has 7 heteroatoms. The van der Waals surface area contributed by atoms with Gasteiger partial charge in [0.15, 0.2) is 10.8 Å². The predicted octanol–water partition coefficient (Wildman–Crippen LogP) is 2.86. The highest BCUT2D eigenvalue weighted by Crippen LogP contribution is 2.24. The third kappa shape index (κ3) is 3.34. The molecule has 0 unspecified atom stereocenters. The van der Waals surface area contributed by atoms with Crippen molar-refractivity contribution in [2.24, 2.45) is 0 Å². The third-order valence-corrected chi connectivity index (χ3v) is 4.39. The van der Waals surface area contributed by atoms with Crippen molar-refractivity contribution in [3.8, 4) is 0 Å². The fraction of sp³-hybridized carbons (Fsp3) is 0.250. The van der Waals surface area contributed by atoms with Crippen molar-refractivity contribution < 1.29 is 4.79 Å². The molecule has 1 amide bonds. The Kier molecular flexibility index (Phi) is 4.29. The second-order valence-electron chi connectivity index (χ2n) is 5.24. The lowest BCUT2D eigenvalue weighted by Gasteiger charge is -2.11. The minimum absolute atomic E-state index is 0.0735. The Hall–Kier alpha value is -2.41. The number of benzene rings is 1. The van der Waals surface area contributed by atoms with E-state index in [-0.39, 0.29) is 11.2 Å². The first-order chi connectivity index (χ1) is 11.0. The Morgan fingerprint density at radius 3 is 2.70 bits per heavy atom. The molecule has 0 aliphatic rings. The molecule has 3 aromatic rings. The van der Waals surface area contributed by atoms with Crippen LogP contribution in [0.1, 0.15) is 18.4 Å². The first-order valence-corrected chi connectivity index (χ1v) is 8.14. The number of carbonyl (C=O) groups is 1. The van der Waals surface area contributed by atoms with Crippen molar-refractivity contribution in [2.75, 3.05) is 5.32 Å². The zero-order valence-electron chi connectivity index (χ0n) is 13.1. The maximum absolute atomic E-state index is 12.3. The van der Waals surface area contributed by atoms with Crippen molar-refractivity contribution in [3.05, 3.63) is 47.9 Å². The first kappa shape index (κ1) is 15.5. The topological polar surface area (TPSA) is 72.2 Å². The molecule has 0 saturated carbocycles. The zero-order chi connectivity index (χ0) is 16.4. The van der Waals surface area contributed by atoms with Gasteiger partial charge in [-0.05, 0) is 32.9 Å². The molecule has 6 nitrogen and oxygen atoms in total. The summed E-state index contributed by atoms with van der Waals surface area (Å²) in [6.07, 6.45) is 0. The van der Waals surface area contributed by atoms with Crippen LogP contribution in [-0.4, -0.2) is 30.7 Å². The Balaban J connectivity index is 1.78. The van der Waals surface area contributed by atoms with E-state index < -0.39 is 0 Å². The van der Waals surface area contributed by atoms with Gasteiger partial charge in [0.25, 0.3) is 0 Å². The number of carbonyl (C=O) groups excluding carboxylic acids is 1. The number of hydrogen-bond acceptors (Lipinski definition) is 5. The van der Waals surface area contributed by atoms with Gasteiger partial charge in [0.1, 0.15) is 5.82 Å². The van der Waals surface area contributed by atoms with E-state index in [1.54, 1.807) is 0 Å². The van der Waals surface area contributed by atoms with Crippen LogP contribution in [0.3, 0.4) is 0 Å². The van der Waals surface area contributed by atoms with Crippen LogP contribution < -0.4 is 5.32 Å². The van der Waals surface area contributed by atoms with Gasteiger partial charge in [-0.3, -0.25) is 9.20 Å². The molecular weight excluding hydrogens is 310 g/mol. The van der Waals surface area contributed by atoms with Gasteiger partial charge in [-0.15, -0.1) is 10.2 Å². The lowest BCUT2D eigenvalue weighted by atomic mass is 10.3. The van der Waals surface area contributed by atoms with Crippen LogP contribution >= 0.6 is 11.8 Å². The summed E-state index contributed by atoms with van der Waals surface area (Å²) in [4.78, 5) is 16.7. The summed E-state index contributed by atoms with van der Waals surface area (Å²) in [5.41, 5.74) is 2.42. The quantitative estimate of drug-likeness (QED) is 0.746. The number of para-hydroxylation sites is 1. The van der Waals surface area contributed by atoms with Crippen molar-refractivity contribution in [2.45, 2.75) is 31.2 Å². The molecule has 1 atom stereocenters. The van der Waals surface area contributed by atoms with Gasteiger partial charge in [0.05, 0.1) is 5.25 Å². The number of hydrogen-bond donors (Lipinski definition) is 1. The molecule has 1 aromatic carbocycles. The molecule has 3 rings (SSSR count). The molecular formula is C16H17N5OS. The Morgan fingerprint density at radius 2 is 1.96 bits per heavy atom. The van der Waals surface area contributed by atoms with E-state index in [4.69, 9.17) is 0 Å². The van der Waals surface area contributed by atoms with Crippen LogP contribution in [0.5, 0.6) is 0 Å². The van der Waals surface area contributed by atoms with E-state index in [2.05, 4.69) is 20.5 Å². The zero-order valence-corrected chi connectivity index (χ0v) is 14.0. The van der Waals surface area contributed by atoms with Crippen molar-refractivity contribution in [3.63, 3.8) is 0 Å². The smallest absolute Gasteiger partial charge is 0.237 e. The number of aryl methyl sites for hydroxylation is 2. The number of fused-ring (bicyclic) bond motifs is 1. The molecule has 0 spiro atoms. The number of anilines is 1. The largest absolute Gasteiger partial charge is 0.325 e. The SMILES string of the molecule is Cc1cc2nnc(S[C@@H](C)C(=O)Nc3ccccc3)n2c(C)n1. The Morgan fingerprint density at radius 1 is 1.22 bits per heavy atom. The molecule has 0 aliphatic carbocycles. The number of aromatic nitrogens is 4. The van der Waals surface area contributed by atoms with Gasteiger partial charge in [0.2, 0.25) is 5.91 Å². The first-order valence-electron chi connectivity index (χ1n) is 7.26. The van der Waals surface area contributed by atoms with Gasteiger partial charge < -0.3 is 5.32 Å². The molecule has 0 bridgehead atoms. The molecule has 0 saturated heterocycles. The summed E-state index contributed by atoms with van der Waals surface area (Å²) in [5, 5.41) is 11.6. The Bertz CT molecular complexity index is 846. The summed E-state index contributed by atoms with van der Waals surface area (Å²) in [6.45, 7) is 5.67. The van der Waals surface area contributed by atoms with Crippen LogP contribution in [0.2, 0.25) is 0 Å². The van der Waals surface area contributed by atoms with E-state index in [0.29, 0.717) is 5.16 Å². The number of nitrogens with zero attached hydrogens (tertiary/aromatic N) is 4. The van der Waals surface area contributed by atoms with Gasteiger partial charge in [-0.1, -0.05) is 30.0 Å². The highest BCUT2D eigenvalue weighted by molar-refractivity contribution is 8.00. The highest BCUT2D eigenvalue weighted by atomic mass is 32.2. The molecule has 2 heterocycles. The number of rotatable bonds is 4. The molecule has 1 N–H and O–H groups in total. The van der Waals surface area contributed by atoms with Crippen LogP contribution in [0.25, 0.3) is 5.65 Å². The number of thioether (sulfide) groups is 1. The van der Waals surface area contributed by atoms with E-state index in [1.807, 2.05) is 61.6 Å². The minimum Gasteiger partial charge on any atom is -0.325 e. The fourth-order valence-electron chi connectivity index (χ4n) is 2.26. The molecule has 0 radical (unpaired) electrons. The molecule has 0 aliphatic heterocycles. The standard InChI is InChI=1S/C16H17N5OS/c1-10-9-14-19-20-16(21(14)12(3)17-10)23-11(2)15(22)18-13-7-5-4-6-8-13/h4-9,11H,1-3H3,(H,18,22)/t11-/m0/s1. The summed E-state index contributed by atoms with van der Waals surface area (Å²) in [7, 11) is 0. The van der Waals surface area contributed by atoms with Crippen molar-refractivity contribution in [1.82, 2.24) is 19.6 Å². The summed E-state index contributed by atoms with van der Waals surface area (Å²) < 4.78 is 1.87. The fourth-order valence-corrected chi connectivity index (χ4v) is 3.16. The van der Waals surface area contributed by atoms with E-state index in [1.165, 1.54) is 11.8 Å². The van der Waals surface area contributed by atoms with Gasteiger partial charge in [0, 0.05) is 17.4 Å². The second kappa shape index (κ2) is 6.37. The third-order valence-electron chi connectivity index (χ3n) is 3.35. The molecule has 0 fully saturated rings. The second-order valence-corrected chi connectivity index (χ2v) is 6.54. The van der Waals surface area contributed by atoms with Crippen LogP contribution in [0.15, 0.2) is 41.6 Å². The lowest BCUT2D eigenvalue weighted by molar-refractivity contribution is -0.115. The highest BCUT2D eigenvalue weighted by Gasteiger charge is 2.19. The van der Waals surface area contributed by atoms with Crippen LogP contribution in [0, 0.1) is 13.8 Å². The monoisotopic (exact) mass is 327 g/mol. The maximum Gasteiger partial charge on any atom is 0.237 e. The number of amides is 1. The van der Waals surface area contributed by atoms with Gasteiger partial charge in [-0.25, -0.2) is 4.98 Å². The van der Waals surface area contributed by atoms with E-state index >= 15 is 0 Å². The molecule has 23 heavy (non-hydrogen) atoms. The molecule has 2 aromatic heterocycles. The average molecular weight is 327 g/mol. The van der Waals surface area contributed by atoms with Crippen LogP contribution in [-0.2, 0) is 4.79 Å². The summed E-state index contributed by atoms with van der Waals surface area (Å²) in [5.74, 6) is 0.735. The van der Waals surface area contributed by atoms with Crippen molar-refractivity contribution in [1.29, 1.82) is 0 Å². The summed E-state index contributed by atoms with van der Waals surface area (Å²) in [6, 6.07) is 11.3. The van der Waals surface area contributed by atoms with Gasteiger partial charge in [-0.2, -0.15) is 0 Å². The van der Waals surface area contributed by atoms with E-state index in [0.717, 1.165) is 22.9 Å². The normalized spacial score (nSPS) is 12.3. The average Bonchev–Trinajstić information content (AvgIpc) is 2.91. The van der Waals surface area contributed by atoms with Crippen molar-refractivity contribution >= 4 is 29.0 Å². The lowest BCUT2D eigenvalue weighted by Crippen LogP contribution is -2.22. The maximum atomic E-state index is 12.3. The predicted molar refractivity (Wildman–Crippen MR) is 90.6 cm³/mol. The Labute approximate surface area is 138 Å². The van der Waals surface area contributed by atoms with Gasteiger partial charge >= 0.3 is 0 Å². The summed E-state index contributed by atoms with van der Waals surface area (Å²) >= 11 is 1.36.